The zero-order valence-electron chi connectivity index (χ0n) is 12.7. The van der Waals surface area contributed by atoms with Crippen molar-refractivity contribution in [2.24, 2.45) is 0 Å². The molecule has 2 bridgehead atoms. The van der Waals surface area contributed by atoms with E-state index in [9.17, 15) is 9.59 Å². The first-order valence-corrected chi connectivity index (χ1v) is 8.13. The van der Waals surface area contributed by atoms with E-state index in [0.717, 1.165) is 0 Å². The Labute approximate surface area is 144 Å². The van der Waals surface area contributed by atoms with Gasteiger partial charge in [-0.3, -0.25) is 9.59 Å². The number of nitrogens with one attached hydrogen (secondary N) is 1. The molecule has 0 saturated carbocycles. The Balaban J connectivity index is 1.63. The predicted molar refractivity (Wildman–Crippen MR) is 90.4 cm³/mol. The van der Waals surface area contributed by atoms with Crippen LogP contribution in [0.4, 0.5) is 5.69 Å². The third-order valence-electron chi connectivity index (χ3n) is 4.36. The van der Waals surface area contributed by atoms with Gasteiger partial charge in [-0.05, 0) is 36.4 Å². The molecule has 2 aliphatic heterocycles. The van der Waals surface area contributed by atoms with Crippen LogP contribution >= 0.6 is 11.6 Å². The average molecular weight is 343 g/mol. The second-order valence-corrected chi connectivity index (χ2v) is 6.38. The maximum absolute atomic E-state index is 12.8. The van der Waals surface area contributed by atoms with E-state index in [-0.39, 0.29) is 17.9 Å². The fraction of sp³-hybridized carbons (Fsp3) is 0.222. The lowest BCUT2D eigenvalue weighted by Gasteiger charge is -2.23. The molecule has 2 aliphatic rings. The van der Waals surface area contributed by atoms with Crippen molar-refractivity contribution in [1.82, 2.24) is 4.90 Å². The molecule has 122 valence electrons. The zero-order chi connectivity index (χ0) is 16.7. The highest BCUT2D eigenvalue weighted by Crippen LogP contribution is 2.33. The lowest BCUT2D eigenvalue weighted by Crippen LogP contribution is -2.43. The monoisotopic (exact) mass is 342 g/mol. The SMILES string of the molecule is O=C1Nc2ccccc2O[C@H]2C[C@@H]1N(C(=O)c1ccc(Cl)cc1)C2. The number of ether oxygens (including phenoxy) is 1. The summed E-state index contributed by atoms with van der Waals surface area (Å²) in [5, 5.41) is 3.42. The smallest absolute Gasteiger partial charge is 0.254 e. The molecule has 2 heterocycles. The fourth-order valence-corrected chi connectivity index (χ4v) is 3.31. The summed E-state index contributed by atoms with van der Waals surface area (Å²) in [5.74, 6) is 0.259. The summed E-state index contributed by atoms with van der Waals surface area (Å²) in [4.78, 5) is 27.0. The standard InChI is InChI=1S/C18H15ClN2O3/c19-12-7-5-11(6-8-12)18(23)21-10-13-9-15(21)17(22)20-14-3-1-2-4-16(14)24-13/h1-8,13,15H,9-10H2,(H,20,22)/t13-,15-/m0/s1. The van der Waals surface area contributed by atoms with Gasteiger partial charge in [0.05, 0.1) is 12.2 Å². The summed E-state index contributed by atoms with van der Waals surface area (Å²) < 4.78 is 5.98. The highest BCUT2D eigenvalue weighted by atomic mass is 35.5. The molecule has 1 saturated heterocycles. The van der Waals surface area contributed by atoms with Gasteiger partial charge in [-0.15, -0.1) is 0 Å². The minimum absolute atomic E-state index is 0.185. The molecular weight excluding hydrogens is 328 g/mol. The zero-order valence-corrected chi connectivity index (χ0v) is 13.5. The molecule has 6 heteroatoms. The average Bonchev–Trinajstić information content (AvgIpc) is 3.01. The van der Waals surface area contributed by atoms with Crippen molar-refractivity contribution in [2.45, 2.75) is 18.6 Å². The third kappa shape index (κ3) is 2.61. The van der Waals surface area contributed by atoms with Crippen LogP contribution in [0.3, 0.4) is 0 Å². The van der Waals surface area contributed by atoms with Crippen molar-refractivity contribution >= 4 is 29.1 Å². The number of amides is 2. The van der Waals surface area contributed by atoms with Gasteiger partial charge in [-0.2, -0.15) is 0 Å². The van der Waals surface area contributed by atoms with E-state index in [1.54, 1.807) is 35.2 Å². The van der Waals surface area contributed by atoms with Gasteiger partial charge in [0.15, 0.2) is 0 Å². The number of carbonyl (C=O) groups excluding carboxylic acids is 2. The van der Waals surface area contributed by atoms with Crippen molar-refractivity contribution in [3.63, 3.8) is 0 Å². The van der Waals surface area contributed by atoms with E-state index in [4.69, 9.17) is 16.3 Å². The molecule has 0 aromatic heterocycles. The predicted octanol–water partition coefficient (Wildman–Crippen LogP) is 2.95. The Morgan fingerprint density at radius 1 is 1.17 bits per heavy atom. The summed E-state index contributed by atoms with van der Waals surface area (Å²) in [5.41, 5.74) is 1.15. The highest BCUT2D eigenvalue weighted by molar-refractivity contribution is 6.30. The normalized spacial score (nSPS) is 22.0. The quantitative estimate of drug-likeness (QED) is 0.866. The Morgan fingerprint density at radius 3 is 2.71 bits per heavy atom. The molecule has 2 aromatic rings. The maximum Gasteiger partial charge on any atom is 0.254 e. The molecule has 2 atom stereocenters. The van der Waals surface area contributed by atoms with Crippen LogP contribution < -0.4 is 10.1 Å². The van der Waals surface area contributed by atoms with Crippen molar-refractivity contribution in [3.8, 4) is 5.75 Å². The van der Waals surface area contributed by atoms with Gasteiger partial charge >= 0.3 is 0 Å². The number of nitrogens with zero attached hydrogens (tertiary/aromatic N) is 1. The second-order valence-electron chi connectivity index (χ2n) is 5.94. The number of para-hydroxylation sites is 2. The Morgan fingerprint density at radius 2 is 1.92 bits per heavy atom. The van der Waals surface area contributed by atoms with Crippen molar-refractivity contribution in [1.29, 1.82) is 0 Å². The highest BCUT2D eigenvalue weighted by Gasteiger charge is 2.42. The molecule has 0 unspecified atom stereocenters. The van der Waals surface area contributed by atoms with E-state index in [2.05, 4.69) is 5.32 Å². The molecule has 2 aromatic carbocycles. The van der Waals surface area contributed by atoms with Crippen LogP contribution in [0.5, 0.6) is 5.75 Å². The summed E-state index contributed by atoms with van der Waals surface area (Å²) in [6.45, 7) is 0.383. The first-order valence-electron chi connectivity index (χ1n) is 7.75. The second kappa shape index (κ2) is 5.83. The van der Waals surface area contributed by atoms with Crippen LogP contribution in [0.1, 0.15) is 16.8 Å². The van der Waals surface area contributed by atoms with Gasteiger partial charge in [-0.1, -0.05) is 23.7 Å². The van der Waals surface area contributed by atoms with Crippen LogP contribution in [-0.2, 0) is 4.79 Å². The molecule has 1 N–H and O–H groups in total. The van der Waals surface area contributed by atoms with E-state index in [1.807, 2.05) is 18.2 Å². The largest absolute Gasteiger partial charge is 0.486 e. The molecule has 0 spiro atoms. The Bertz CT molecular complexity index is 806. The van der Waals surface area contributed by atoms with Crippen LogP contribution in [-0.4, -0.2) is 35.4 Å². The maximum atomic E-state index is 12.8. The van der Waals surface area contributed by atoms with Crippen molar-refractivity contribution in [3.05, 3.63) is 59.1 Å². The van der Waals surface area contributed by atoms with E-state index < -0.39 is 6.04 Å². The molecule has 2 amide bonds. The molecule has 5 nitrogen and oxygen atoms in total. The van der Waals surface area contributed by atoms with Gasteiger partial charge in [0.25, 0.3) is 5.91 Å². The van der Waals surface area contributed by atoms with Gasteiger partial charge in [-0.25, -0.2) is 0 Å². The molecule has 0 radical (unpaired) electrons. The van der Waals surface area contributed by atoms with Crippen molar-refractivity contribution < 1.29 is 14.3 Å². The first kappa shape index (κ1) is 15.0. The van der Waals surface area contributed by atoms with Gasteiger partial charge in [0, 0.05) is 17.0 Å². The minimum atomic E-state index is -0.536. The Hall–Kier alpha value is -2.53. The van der Waals surface area contributed by atoms with Crippen LogP contribution in [0.2, 0.25) is 5.02 Å². The number of hydrogen-bond donors (Lipinski definition) is 1. The molecule has 4 rings (SSSR count). The van der Waals surface area contributed by atoms with E-state index in [0.29, 0.717) is 35.0 Å². The number of carbonyl (C=O) groups is 2. The number of likely N-dealkylation sites (tertiary alicyclic amines) is 1. The number of halogens is 1. The van der Waals surface area contributed by atoms with Crippen LogP contribution in [0.25, 0.3) is 0 Å². The number of hydrogen-bond acceptors (Lipinski definition) is 3. The van der Waals surface area contributed by atoms with Crippen molar-refractivity contribution in [2.75, 3.05) is 11.9 Å². The lowest BCUT2D eigenvalue weighted by atomic mass is 10.1. The minimum Gasteiger partial charge on any atom is -0.486 e. The van der Waals surface area contributed by atoms with Gasteiger partial charge < -0.3 is 15.0 Å². The van der Waals surface area contributed by atoms with E-state index >= 15 is 0 Å². The summed E-state index contributed by atoms with van der Waals surface area (Å²) in [6, 6.07) is 13.4. The summed E-state index contributed by atoms with van der Waals surface area (Å²) in [7, 11) is 0. The third-order valence-corrected chi connectivity index (χ3v) is 4.61. The fourth-order valence-electron chi connectivity index (χ4n) is 3.18. The van der Waals surface area contributed by atoms with E-state index in [1.165, 1.54) is 0 Å². The summed E-state index contributed by atoms with van der Waals surface area (Å²) >= 11 is 5.87. The van der Waals surface area contributed by atoms with Gasteiger partial charge in [0.1, 0.15) is 17.9 Å². The molecular formula is C18H15ClN2O3. The molecule has 0 aliphatic carbocycles. The number of benzene rings is 2. The lowest BCUT2D eigenvalue weighted by molar-refractivity contribution is -0.119. The molecule has 24 heavy (non-hydrogen) atoms. The number of fused-ring (bicyclic) bond motifs is 3. The Kier molecular flexibility index (Phi) is 3.65. The summed E-state index contributed by atoms with van der Waals surface area (Å²) in [6.07, 6.45) is 0.290. The topological polar surface area (TPSA) is 58.6 Å². The first-order chi connectivity index (χ1) is 11.6. The number of rotatable bonds is 1. The van der Waals surface area contributed by atoms with Crippen LogP contribution in [0, 0.1) is 0 Å². The number of anilines is 1. The van der Waals surface area contributed by atoms with Crippen LogP contribution in [0.15, 0.2) is 48.5 Å². The van der Waals surface area contributed by atoms with Gasteiger partial charge in [0.2, 0.25) is 5.91 Å². The molecule has 1 fully saturated rings.